The van der Waals surface area contributed by atoms with E-state index in [1.807, 2.05) is 0 Å². The van der Waals surface area contributed by atoms with Gasteiger partial charge in [-0.05, 0) is 19.9 Å². The van der Waals surface area contributed by atoms with E-state index in [0.717, 1.165) is 24.5 Å². The van der Waals surface area contributed by atoms with Gasteiger partial charge in [0.05, 0.1) is 18.4 Å². The molecule has 1 fully saturated rings. The van der Waals surface area contributed by atoms with Gasteiger partial charge in [0.2, 0.25) is 0 Å². The number of pyridine rings is 1. The van der Waals surface area contributed by atoms with Gasteiger partial charge in [0.25, 0.3) is 0 Å². The van der Waals surface area contributed by atoms with Crippen molar-refractivity contribution in [2.75, 3.05) is 24.6 Å². The molecule has 112 valence electrons. The Balaban J connectivity index is 2.21. The molecule has 0 radical (unpaired) electrons. The van der Waals surface area contributed by atoms with Crippen LogP contribution in [0.2, 0.25) is 0 Å². The summed E-state index contributed by atoms with van der Waals surface area (Å²) in [5.41, 5.74) is 0.702. The number of nitrogens with one attached hydrogen (secondary N) is 1. The largest absolute Gasteiger partial charge is 0.372 e. The first kappa shape index (κ1) is 15.2. The summed E-state index contributed by atoms with van der Waals surface area (Å²) in [4.78, 5) is 6.48. The second-order valence-electron chi connectivity index (χ2n) is 6.20. The maximum Gasteiger partial charge on any atom is 0.141 e. The summed E-state index contributed by atoms with van der Waals surface area (Å²) in [7, 11) is 0. The monoisotopic (exact) mass is 281 g/mol. The molecular formula is C15H24FN3O. The van der Waals surface area contributed by atoms with Crippen molar-refractivity contribution < 1.29 is 9.13 Å². The number of rotatable bonds is 4. The van der Waals surface area contributed by atoms with Crippen molar-refractivity contribution in [1.29, 1.82) is 0 Å². The van der Waals surface area contributed by atoms with Gasteiger partial charge in [-0.1, -0.05) is 13.8 Å². The highest BCUT2D eigenvalue weighted by Gasteiger charge is 2.29. The van der Waals surface area contributed by atoms with Crippen LogP contribution in [0.4, 0.5) is 10.2 Å². The van der Waals surface area contributed by atoms with Crippen molar-refractivity contribution in [1.82, 2.24) is 10.3 Å². The average molecular weight is 281 g/mol. The third-order valence-electron chi connectivity index (χ3n) is 3.34. The lowest BCUT2D eigenvalue weighted by molar-refractivity contribution is -0.0279. The molecule has 0 atom stereocenters. The van der Waals surface area contributed by atoms with Gasteiger partial charge >= 0.3 is 0 Å². The SMILES string of the molecule is CC(C)NCc1cc(F)cnc1N1CCOC(C)(C)C1. The van der Waals surface area contributed by atoms with Gasteiger partial charge < -0.3 is 15.0 Å². The molecular weight excluding hydrogens is 257 g/mol. The molecule has 20 heavy (non-hydrogen) atoms. The molecule has 1 N–H and O–H groups in total. The van der Waals surface area contributed by atoms with Gasteiger partial charge in [0.1, 0.15) is 11.6 Å². The van der Waals surface area contributed by atoms with Crippen molar-refractivity contribution in [3.63, 3.8) is 0 Å². The van der Waals surface area contributed by atoms with E-state index in [1.54, 1.807) is 6.07 Å². The van der Waals surface area contributed by atoms with Gasteiger partial charge in [0.15, 0.2) is 0 Å². The molecule has 2 heterocycles. The Morgan fingerprint density at radius 3 is 2.90 bits per heavy atom. The second-order valence-corrected chi connectivity index (χ2v) is 6.20. The molecule has 0 aromatic carbocycles. The molecule has 1 aliphatic rings. The Labute approximate surface area is 120 Å². The minimum absolute atomic E-state index is 0.197. The van der Waals surface area contributed by atoms with Crippen LogP contribution < -0.4 is 10.2 Å². The van der Waals surface area contributed by atoms with Crippen LogP contribution in [-0.4, -0.2) is 36.3 Å². The molecule has 4 nitrogen and oxygen atoms in total. The standard InChI is InChI=1S/C15H24FN3O/c1-11(2)17-8-12-7-13(16)9-18-14(12)19-5-6-20-15(3,4)10-19/h7,9,11,17H,5-6,8,10H2,1-4H3. The fourth-order valence-electron chi connectivity index (χ4n) is 2.40. The Kier molecular flexibility index (Phi) is 4.60. The minimum Gasteiger partial charge on any atom is -0.372 e. The van der Waals surface area contributed by atoms with Crippen LogP contribution in [0.3, 0.4) is 0 Å². The van der Waals surface area contributed by atoms with Crippen molar-refractivity contribution in [2.45, 2.75) is 45.9 Å². The van der Waals surface area contributed by atoms with Crippen LogP contribution in [-0.2, 0) is 11.3 Å². The van der Waals surface area contributed by atoms with E-state index in [0.29, 0.717) is 19.2 Å². The third-order valence-corrected chi connectivity index (χ3v) is 3.34. The Morgan fingerprint density at radius 2 is 2.25 bits per heavy atom. The van der Waals surface area contributed by atoms with E-state index in [1.165, 1.54) is 6.20 Å². The van der Waals surface area contributed by atoms with Gasteiger partial charge in [0, 0.05) is 31.2 Å². The summed E-state index contributed by atoms with van der Waals surface area (Å²) in [6, 6.07) is 1.92. The summed E-state index contributed by atoms with van der Waals surface area (Å²) in [6.45, 7) is 11.1. The number of aromatic nitrogens is 1. The first-order chi connectivity index (χ1) is 9.37. The highest BCUT2D eigenvalue weighted by Crippen LogP contribution is 2.25. The number of halogens is 1. The van der Waals surface area contributed by atoms with Crippen LogP contribution in [0.1, 0.15) is 33.3 Å². The van der Waals surface area contributed by atoms with Crippen molar-refractivity contribution >= 4 is 5.82 Å². The summed E-state index contributed by atoms with van der Waals surface area (Å²) in [5, 5.41) is 3.32. The molecule has 5 heteroatoms. The number of hydrogen-bond acceptors (Lipinski definition) is 4. The Bertz CT molecular complexity index is 462. The van der Waals surface area contributed by atoms with E-state index in [9.17, 15) is 4.39 Å². The second kappa shape index (κ2) is 6.06. The Hall–Kier alpha value is -1.20. The predicted molar refractivity (Wildman–Crippen MR) is 78.4 cm³/mol. The Morgan fingerprint density at radius 1 is 1.50 bits per heavy atom. The molecule has 1 aromatic heterocycles. The van der Waals surface area contributed by atoms with Gasteiger partial charge in [-0.3, -0.25) is 0 Å². The zero-order valence-electron chi connectivity index (χ0n) is 12.7. The zero-order valence-corrected chi connectivity index (χ0v) is 12.7. The molecule has 2 rings (SSSR count). The fraction of sp³-hybridized carbons (Fsp3) is 0.667. The predicted octanol–water partition coefficient (Wildman–Crippen LogP) is 2.33. The summed E-state index contributed by atoms with van der Waals surface area (Å²) in [5.74, 6) is 0.567. The number of morpholine rings is 1. The lowest BCUT2D eigenvalue weighted by Crippen LogP contribution is -2.49. The first-order valence-electron chi connectivity index (χ1n) is 7.14. The lowest BCUT2D eigenvalue weighted by Gasteiger charge is -2.39. The maximum absolute atomic E-state index is 13.5. The van der Waals surface area contributed by atoms with E-state index in [2.05, 4.69) is 42.9 Å². The fourth-order valence-corrected chi connectivity index (χ4v) is 2.40. The van der Waals surface area contributed by atoms with E-state index >= 15 is 0 Å². The van der Waals surface area contributed by atoms with Crippen molar-refractivity contribution in [3.05, 3.63) is 23.6 Å². The summed E-state index contributed by atoms with van der Waals surface area (Å²) >= 11 is 0. The van der Waals surface area contributed by atoms with Gasteiger partial charge in [-0.2, -0.15) is 0 Å². The number of anilines is 1. The quantitative estimate of drug-likeness (QED) is 0.919. The number of nitrogens with zero attached hydrogens (tertiary/aromatic N) is 2. The van der Waals surface area contributed by atoms with Crippen molar-refractivity contribution in [2.24, 2.45) is 0 Å². The van der Waals surface area contributed by atoms with Crippen LogP contribution in [0, 0.1) is 5.82 Å². The number of hydrogen-bond donors (Lipinski definition) is 1. The molecule has 0 saturated carbocycles. The maximum atomic E-state index is 13.5. The minimum atomic E-state index is -0.290. The molecule has 1 aliphatic heterocycles. The first-order valence-corrected chi connectivity index (χ1v) is 7.14. The van der Waals surface area contributed by atoms with Crippen LogP contribution in [0.25, 0.3) is 0 Å². The van der Waals surface area contributed by atoms with Crippen LogP contribution in [0.5, 0.6) is 0 Å². The number of ether oxygens (including phenoxy) is 1. The topological polar surface area (TPSA) is 37.4 Å². The molecule has 0 aliphatic carbocycles. The summed E-state index contributed by atoms with van der Waals surface area (Å²) < 4.78 is 19.2. The molecule has 0 amide bonds. The molecule has 1 saturated heterocycles. The normalized spacial score (nSPS) is 18.6. The smallest absolute Gasteiger partial charge is 0.141 e. The highest BCUT2D eigenvalue weighted by atomic mass is 19.1. The van der Waals surface area contributed by atoms with Gasteiger partial charge in [-0.15, -0.1) is 0 Å². The van der Waals surface area contributed by atoms with E-state index < -0.39 is 0 Å². The van der Waals surface area contributed by atoms with Gasteiger partial charge in [-0.25, -0.2) is 9.37 Å². The average Bonchev–Trinajstić information content (AvgIpc) is 2.35. The van der Waals surface area contributed by atoms with Crippen molar-refractivity contribution in [3.8, 4) is 0 Å². The summed E-state index contributed by atoms with van der Waals surface area (Å²) in [6.07, 6.45) is 1.29. The van der Waals surface area contributed by atoms with E-state index in [4.69, 9.17) is 4.74 Å². The molecule has 1 aromatic rings. The zero-order chi connectivity index (χ0) is 14.8. The van der Waals surface area contributed by atoms with Crippen LogP contribution in [0.15, 0.2) is 12.3 Å². The van der Waals surface area contributed by atoms with E-state index in [-0.39, 0.29) is 11.4 Å². The molecule has 0 bridgehead atoms. The highest BCUT2D eigenvalue weighted by molar-refractivity contribution is 5.47. The molecule has 0 spiro atoms. The third kappa shape index (κ3) is 3.90. The molecule has 0 unspecified atom stereocenters. The van der Waals surface area contributed by atoms with Crippen LogP contribution >= 0.6 is 0 Å². The lowest BCUT2D eigenvalue weighted by atomic mass is 10.1.